The molecule has 1 N–H and O–H groups in total. The van der Waals surface area contributed by atoms with E-state index in [1.165, 1.54) is 81.9 Å². The normalized spacial score (nSPS) is 12.6. The molecule has 0 aromatic heterocycles. The molecule has 0 atom stereocenters. The number of thioether (sulfide) groups is 1. The molecule has 1 aliphatic rings. The van der Waals surface area contributed by atoms with Crippen LogP contribution in [-0.2, 0) is 11.3 Å². The molecule has 1 aliphatic heterocycles. The third-order valence-corrected chi connectivity index (χ3v) is 8.00. The van der Waals surface area contributed by atoms with E-state index in [-0.39, 0.29) is 29.5 Å². The van der Waals surface area contributed by atoms with Gasteiger partial charge in [0.25, 0.3) is 5.91 Å². The van der Waals surface area contributed by atoms with E-state index in [1.807, 2.05) is 54.2 Å². The lowest BCUT2D eigenvalue weighted by molar-refractivity contribution is -0.118. The van der Waals surface area contributed by atoms with Crippen LogP contribution < -0.4 is 14.8 Å². The zero-order valence-corrected chi connectivity index (χ0v) is 27.0. The van der Waals surface area contributed by atoms with Gasteiger partial charge in [-0.15, -0.1) is 28.7 Å². The number of anilines is 1. The predicted octanol–water partition coefficient (Wildman–Crippen LogP) is 9.73. The molecular formula is C33H49BrN2O3S. The summed E-state index contributed by atoms with van der Waals surface area (Å²) in [6, 6.07) is 15.5. The highest BCUT2D eigenvalue weighted by molar-refractivity contribution is 8.93. The van der Waals surface area contributed by atoms with Crippen molar-refractivity contribution in [3.8, 4) is 11.5 Å². The highest BCUT2D eigenvalue weighted by Gasteiger charge is 2.12. The average molecular weight is 634 g/mol. The number of carbonyl (C=O) groups is 1. The van der Waals surface area contributed by atoms with E-state index in [4.69, 9.17) is 9.47 Å². The highest BCUT2D eigenvalue weighted by atomic mass is 79.9. The molecule has 0 spiro atoms. The van der Waals surface area contributed by atoms with Gasteiger partial charge < -0.3 is 19.7 Å². The maximum atomic E-state index is 12.4. The Morgan fingerprint density at radius 3 is 2.05 bits per heavy atom. The van der Waals surface area contributed by atoms with E-state index in [0.29, 0.717) is 5.75 Å². The van der Waals surface area contributed by atoms with Crippen molar-refractivity contribution in [1.29, 1.82) is 0 Å². The molecule has 0 saturated carbocycles. The van der Waals surface area contributed by atoms with Gasteiger partial charge in [0.2, 0.25) is 0 Å². The van der Waals surface area contributed by atoms with E-state index in [9.17, 15) is 4.79 Å². The van der Waals surface area contributed by atoms with Crippen molar-refractivity contribution < 1.29 is 14.3 Å². The summed E-state index contributed by atoms with van der Waals surface area (Å²) in [7, 11) is 0. The molecular weight excluding hydrogens is 584 g/mol. The Morgan fingerprint density at radius 1 is 0.850 bits per heavy atom. The first-order valence-electron chi connectivity index (χ1n) is 14.9. The summed E-state index contributed by atoms with van der Waals surface area (Å²) in [5.74, 6) is 2.30. The fraction of sp³-hybridized carbons (Fsp3) is 0.545. The zero-order valence-electron chi connectivity index (χ0n) is 24.5. The number of allylic oxidation sites excluding steroid dienone is 1. The summed E-state index contributed by atoms with van der Waals surface area (Å²) in [5.41, 5.74) is 3.24. The Hall–Kier alpha value is -2.12. The summed E-state index contributed by atoms with van der Waals surface area (Å²) in [4.78, 5) is 14.7. The minimum atomic E-state index is -0.174. The molecule has 0 fully saturated rings. The Balaban J connectivity index is 0.00000560. The summed E-state index contributed by atoms with van der Waals surface area (Å²) in [6.45, 7) is 5.95. The van der Waals surface area contributed by atoms with E-state index >= 15 is 0 Å². The van der Waals surface area contributed by atoms with Gasteiger partial charge in [-0.2, -0.15) is 0 Å². The summed E-state index contributed by atoms with van der Waals surface area (Å²) < 4.78 is 11.6. The number of nitrogens with one attached hydrogen (secondary N) is 1. The highest BCUT2D eigenvalue weighted by Crippen LogP contribution is 2.25. The van der Waals surface area contributed by atoms with Gasteiger partial charge >= 0.3 is 0 Å². The van der Waals surface area contributed by atoms with Crippen LogP contribution >= 0.6 is 28.7 Å². The number of carbonyl (C=O) groups excluding carboxylic acids is 1. The minimum Gasteiger partial charge on any atom is -0.494 e. The second-order valence-corrected chi connectivity index (χ2v) is 11.3. The molecule has 2 aromatic rings. The van der Waals surface area contributed by atoms with Gasteiger partial charge in [-0.25, -0.2) is 0 Å². The second kappa shape index (κ2) is 20.7. The number of amides is 1. The molecule has 0 saturated heterocycles. The van der Waals surface area contributed by atoms with Crippen LogP contribution in [0.5, 0.6) is 11.5 Å². The summed E-state index contributed by atoms with van der Waals surface area (Å²) in [6.07, 6.45) is 16.1. The van der Waals surface area contributed by atoms with Crippen LogP contribution in [0.25, 0.3) is 0 Å². The van der Waals surface area contributed by atoms with E-state index in [2.05, 4.69) is 35.5 Å². The van der Waals surface area contributed by atoms with Gasteiger partial charge in [0, 0.05) is 17.9 Å². The van der Waals surface area contributed by atoms with E-state index in [1.54, 1.807) is 0 Å². The summed E-state index contributed by atoms with van der Waals surface area (Å²) >= 11 is 1.81. The van der Waals surface area contributed by atoms with Crippen LogP contribution in [0.3, 0.4) is 0 Å². The first-order valence-corrected chi connectivity index (χ1v) is 16.0. The van der Waals surface area contributed by atoms with Crippen molar-refractivity contribution in [3.05, 3.63) is 65.2 Å². The largest absolute Gasteiger partial charge is 0.494 e. The lowest BCUT2D eigenvalue weighted by Gasteiger charge is -2.19. The van der Waals surface area contributed by atoms with Crippen molar-refractivity contribution in [2.24, 2.45) is 0 Å². The third kappa shape index (κ3) is 14.0. The zero-order chi connectivity index (χ0) is 27.5. The first kappa shape index (κ1) is 34.1. The summed E-state index contributed by atoms with van der Waals surface area (Å²) in [5, 5.41) is 5.12. The van der Waals surface area contributed by atoms with Gasteiger partial charge in [0.05, 0.1) is 12.5 Å². The molecule has 1 heterocycles. The molecule has 222 valence electrons. The van der Waals surface area contributed by atoms with Crippen molar-refractivity contribution in [1.82, 2.24) is 4.90 Å². The lowest BCUT2D eigenvalue weighted by atomic mass is 10.1. The number of ether oxygens (including phenoxy) is 2. The Labute approximate surface area is 257 Å². The van der Waals surface area contributed by atoms with Crippen molar-refractivity contribution in [2.75, 3.05) is 24.4 Å². The SMILES string of the molecule is Br.CCCCCCCCCCCCCCOc1ccc(OCC(=O)Nc2cccc(CN3CSC=C3C)c2)cc1. The molecule has 5 nitrogen and oxygen atoms in total. The van der Waals surface area contributed by atoms with Gasteiger partial charge in [-0.05, 0) is 60.7 Å². The second-order valence-electron chi connectivity index (χ2n) is 10.5. The van der Waals surface area contributed by atoms with E-state index < -0.39 is 0 Å². The lowest BCUT2D eigenvalue weighted by Crippen LogP contribution is -2.20. The van der Waals surface area contributed by atoms with Crippen molar-refractivity contribution in [2.45, 2.75) is 97.4 Å². The molecule has 0 radical (unpaired) electrons. The minimum absolute atomic E-state index is 0. The monoisotopic (exact) mass is 632 g/mol. The van der Waals surface area contributed by atoms with E-state index in [0.717, 1.165) is 36.9 Å². The van der Waals surface area contributed by atoms with Crippen LogP contribution in [0, 0.1) is 0 Å². The number of rotatable bonds is 20. The van der Waals surface area contributed by atoms with Crippen LogP contribution in [0.15, 0.2) is 59.6 Å². The number of hydrogen-bond donors (Lipinski definition) is 1. The van der Waals surface area contributed by atoms with Gasteiger partial charge in [0.15, 0.2) is 6.61 Å². The first-order chi connectivity index (χ1) is 19.1. The third-order valence-electron chi connectivity index (χ3n) is 7.03. The topological polar surface area (TPSA) is 50.8 Å². The van der Waals surface area contributed by atoms with Gasteiger partial charge in [0.1, 0.15) is 11.5 Å². The molecule has 0 bridgehead atoms. The molecule has 0 unspecified atom stereocenters. The van der Waals surface area contributed by atoms with Crippen LogP contribution in [0.1, 0.15) is 96.5 Å². The fourth-order valence-electron chi connectivity index (χ4n) is 4.67. The molecule has 0 aliphatic carbocycles. The molecule has 7 heteroatoms. The molecule has 40 heavy (non-hydrogen) atoms. The predicted molar refractivity (Wildman–Crippen MR) is 176 cm³/mol. The van der Waals surface area contributed by atoms with Crippen LogP contribution in [0.4, 0.5) is 5.69 Å². The fourth-order valence-corrected chi connectivity index (χ4v) is 5.61. The van der Waals surface area contributed by atoms with Crippen LogP contribution in [-0.4, -0.2) is 29.9 Å². The number of halogens is 1. The number of hydrogen-bond acceptors (Lipinski definition) is 5. The molecule has 1 amide bonds. The van der Waals surface area contributed by atoms with Crippen molar-refractivity contribution >= 4 is 40.3 Å². The Kier molecular flexibility index (Phi) is 17.6. The Morgan fingerprint density at radius 2 is 1.45 bits per heavy atom. The van der Waals surface area contributed by atoms with Crippen LogP contribution in [0.2, 0.25) is 0 Å². The Bertz CT molecular complexity index is 999. The quantitative estimate of drug-likeness (QED) is 0.147. The molecule has 3 rings (SSSR count). The average Bonchev–Trinajstić information content (AvgIpc) is 3.35. The number of benzene rings is 2. The van der Waals surface area contributed by atoms with Gasteiger partial charge in [-0.3, -0.25) is 4.79 Å². The smallest absolute Gasteiger partial charge is 0.262 e. The van der Waals surface area contributed by atoms with Gasteiger partial charge in [-0.1, -0.05) is 89.7 Å². The number of unbranched alkanes of at least 4 members (excludes halogenated alkanes) is 11. The maximum absolute atomic E-state index is 12.4. The van der Waals surface area contributed by atoms with Crippen molar-refractivity contribution in [3.63, 3.8) is 0 Å². The molecule has 2 aromatic carbocycles. The number of nitrogens with zero attached hydrogens (tertiary/aromatic N) is 1. The maximum Gasteiger partial charge on any atom is 0.262 e. The standard InChI is InChI=1S/C33H48N2O3S.BrH/c1-3-4-5-6-7-8-9-10-11-12-13-14-22-37-31-18-20-32(21-19-31)38-25-33(36)34-30-17-15-16-29(23-30)24-35-27-39-26-28(35)2;/h15-21,23,26H,3-14,22,24-25,27H2,1-2H3,(H,34,36);1H.